The highest BCUT2D eigenvalue weighted by atomic mass is 16.2. The van der Waals surface area contributed by atoms with Gasteiger partial charge in [0, 0.05) is 30.9 Å². The number of piperidine rings is 1. The Bertz CT molecular complexity index is 1260. The molecule has 0 bridgehead atoms. The Labute approximate surface area is 173 Å². The lowest BCUT2D eigenvalue weighted by atomic mass is 9.86. The van der Waals surface area contributed by atoms with Gasteiger partial charge in [0.15, 0.2) is 5.65 Å². The maximum Gasteiger partial charge on any atom is 0.321 e. The van der Waals surface area contributed by atoms with E-state index in [9.17, 15) is 4.79 Å². The molecule has 1 saturated heterocycles. The topological polar surface area (TPSA) is 102 Å². The Kier molecular flexibility index (Phi) is 4.36. The normalized spacial score (nSPS) is 19.1. The number of carbonyl (C=O) groups excluding carboxylic acids is 1. The molecule has 150 valence electrons. The van der Waals surface area contributed by atoms with Crippen molar-refractivity contribution < 1.29 is 4.79 Å². The molecule has 30 heavy (non-hydrogen) atoms. The van der Waals surface area contributed by atoms with Gasteiger partial charge in [-0.25, -0.2) is 14.8 Å². The van der Waals surface area contributed by atoms with E-state index in [0.717, 1.165) is 28.9 Å². The molecule has 0 unspecified atom stereocenters. The first-order valence-electron chi connectivity index (χ1n) is 9.99. The van der Waals surface area contributed by atoms with E-state index in [-0.39, 0.29) is 11.9 Å². The van der Waals surface area contributed by atoms with Crippen molar-refractivity contribution in [1.82, 2.24) is 24.3 Å². The molecule has 4 aromatic rings. The number of nitrogens with zero attached hydrogens (tertiary/aromatic N) is 5. The number of hydrogen-bond acceptors (Lipinski definition) is 4. The van der Waals surface area contributed by atoms with Crippen LogP contribution in [0.25, 0.3) is 16.7 Å². The molecule has 0 radical (unpaired) electrons. The molecular weight excluding hydrogens is 378 g/mol. The molecule has 3 aromatic heterocycles. The molecule has 1 aliphatic rings. The molecule has 1 aromatic carbocycles. The van der Waals surface area contributed by atoms with Crippen LogP contribution < -0.4 is 5.32 Å². The molecule has 8 heteroatoms. The smallest absolute Gasteiger partial charge is 0.321 e. The van der Waals surface area contributed by atoms with E-state index in [2.05, 4.69) is 32.7 Å². The number of benzene rings is 1. The number of aromatic nitrogens is 4. The number of nitriles is 1. The van der Waals surface area contributed by atoms with Gasteiger partial charge in [0.2, 0.25) is 0 Å². The van der Waals surface area contributed by atoms with Gasteiger partial charge in [0.05, 0.1) is 35.1 Å². The number of rotatable bonds is 2. The van der Waals surface area contributed by atoms with Crippen molar-refractivity contribution in [1.29, 1.82) is 5.26 Å². The summed E-state index contributed by atoms with van der Waals surface area (Å²) < 4.78 is 2.14. The summed E-state index contributed by atoms with van der Waals surface area (Å²) in [7, 11) is 0. The summed E-state index contributed by atoms with van der Waals surface area (Å²) in [4.78, 5) is 27.0. The van der Waals surface area contributed by atoms with E-state index in [1.54, 1.807) is 24.3 Å². The summed E-state index contributed by atoms with van der Waals surface area (Å²) in [5.41, 5.74) is 4.01. The highest BCUT2D eigenvalue weighted by Gasteiger charge is 2.33. The average molecular weight is 399 g/mol. The number of imidazole rings is 1. The third-order valence-corrected chi connectivity index (χ3v) is 5.93. The predicted octanol–water partition coefficient (Wildman–Crippen LogP) is 3.74. The molecule has 0 spiro atoms. The third-order valence-electron chi connectivity index (χ3n) is 5.93. The second kappa shape index (κ2) is 7.19. The minimum absolute atomic E-state index is 0.119. The quantitative estimate of drug-likeness (QED) is 0.536. The van der Waals surface area contributed by atoms with E-state index in [4.69, 9.17) is 10.2 Å². The number of likely N-dealkylation sites (tertiary alicyclic amines) is 1. The molecule has 2 atom stereocenters. The van der Waals surface area contributed by atoms with Crippen LogP contribution in [0.3, 0.4) is 0 Å². The number of carbonyl (C=O) groups is 1. The summed E-state index contributed by atoms with van der Waals surface area (Å²) >= 11 is 0. The lowest BCUT2D eigenvalue weighted by Gasteiger charge is -2.36. The fourth-order valence-electron chi connectivity index (χ4n) is 4.18. The lowest BCUT2D eigenvalue weighted by molar-refractivity contribution is 0.170. The summed E-state index contributed by atoms with van der Waals surface area (Å²) in [6.45, 7) is 3.51. The first-order chi connectivity index (χ1) is 14.6. The largest absolute Gasteiger partial charge is 0.345 e. The number of anilines is 1. The van der Waals surface area contributed by atoms with Crippen LogP contribution in [0.4, 0.5) is 10.5 Å². The summed E-state index contributed by atoms with van der Waals surface area (Å²) in [6.07, 6.45) is 6.44. The molecule has 5 rings (SSSR count). The number of fused-ring (bicyclic) bond motifs is 3. The number of urea groups is 1. The van der Waals surface area contributed by atoms with Crippen LogP contribution in [0.1, 0.15) is 30.7 Å². The van der Waals surface area contributed by atoms with Crippen LogP contribution in [0.5, 0.6) is 0 Å². The first kappa shape index (κ1) is 18.2. The number of nitrogens with one attached hydrogen (secondary N) is 2. The monoisotopic (exact) mass is 399 g/mol. The number of amides is 2. The van der Waals surface area contributed by atoms with Gasteiger partial charge < -0.3 is 15.2 Å². The number of hydrogen-bond donors (Lipinski definition) is 2. The van der Waals surface area contributed by atoms with E-state index < -0.39 is 0 Å². The Hall–Kier alpha value is -3.86. The van der Waals surface area contributed by atoms with Crippen molar-refractivity contribution in [3.63, 3.8) is 0 Å². The van der Waals surface area contributed by atoms with Crippen LogP contribution in [0.15, 0.2) is 48.9 Å². The fraction of sp³-hybridized carbons (Fsp3) is 0.273. The van der Waals surface area contributed by atoms with Crippen molar-refractivity contribution >= 4 is 28.4 Å². The van der Waals surface area contributed by atoms with Crippen LogP contribution in [-0.2, 0) is 0 Å². The van der Waals surface area contributed by atoms with E-state index >= 15 is 0 Å². The highest BCUT2D eigenvalue weighted by molar-refractivity contribution is 5.89. The zero-order valence-electron chi connectivity index (χ0n) is 16.5. The van der Waals surface area contributed by atoms with Crippen molar-refractivity contribution in [2.45, 2.75) is 19.3 Å². The molecule has 2 N–H and O–H groups in total. The Morgan fingerprint density at radius 1 is 1.23 bits per heavy atom. The van der Waals surface area contributed by atoms with Crippen LogP contribution in [-0.4, -0.2) is 43.4 Å². The lowest BCUT2D eigenvalue weighted by Crippen LogP contribution is -2.44. The molecule has 8 nitrogen and oxygen atoms in total. The van der Waals surface area contributed by atoms with E-state index in [1.165, 1.54) is 0 Å². The minimum atomic E-state index is -0.133. The molecule has 0 aliphatic carbocycles. The highest BCUT2D eigenvalue weighted by Crippen LogP contribution is 2.33. The SMILES string of the molecule is C[C@@H]1CCN(C(=O)Nc2ccc(C#N)cc2)C[C@@H]1c1ncc2cnc3[nH]ccc3n12. The van der Waals surface area contributed by atoms with E-state index in [1.807, 2.05) is 29.6 Å². The van der Waals surface area contributed by atoms with Crippen molar-refractivity contribution in [3.8, 4) is 6.07 Å². The second-order valence-electron chi connectivity index (χ2n) is 7.78. The van der Waals surface area contributed by atoms with Gasteiger partial charge in [0.25, 0.3) is 0 Å². The van der Waals surface area contributed by atoms with Gasteiger partial charge >= 0.3 is 6.03 Å². The van der Waals surface area contributed by atoms with Gasteiger partial charge in [-0.15, -0.1) is 0 Å². The van der Waals surface area contributed by atoms with Crippen molar-refractivity contribution in [2.75, 3.05) is 18.4 Å². The Balaban J connectivity index is 1.41. The van der Waals surface area contributed by atoms with Gasteiger partial charge in [-0.2, -0.15) is 5.26 Å². The third kappa shape index (κ3) is 3.05. The summed E-state index contributed by atoms with van der Waals surface area (Å²) in [6, 6.07) is 10.8. The average Bonchev–Trinajstić information content (AvgIpc) is 3.41. The van der Waals surface area contributed by atoms with Gasteiger partial charge in [0.1, 0.15) is 5.82 Å². The molecular formula is C22H21N7O. The molecule has 0 saturated carbocycles. The second-order valence-corrected chi connectivity index (χ2v) is 7.78. The summed E-state index contributed by atoms with van der Waals surface area (Å²) in [5, 5.41) is 11.9. The van der Waals surface area contributed by atoms with E-state index in [0.29, 0.717) is 30.3 Å². The molecule has 1 aliphatic heterocycles. The molecule has 1 fully saturated rings. The maximum atomic E-state index is 12.9. The zero-order chi connectivity index (χ0) is 20.7. The van der Waals surface area contributed by atoms with Gasteiger partial charge in [-0.3, -0.25) is 4.40 Å². The zero-order valence-corrected chi connectivity index (χ0v) is 16.5. The fourth-order valence-corrected chi connectivity index (χ4v) is 4.18. The van der Waals surface area contributed by atoms with Crippen LogP contribution in [0, 0.1) is 17.2 Å². The summed E-state index contributed by atoms with van der Waals surface area (Å²) in [5.74, 6) is 1.48. The van der Waals surface area contributed by atoms with Gasteiger partial charge in [-0.05, 0) is 42.7 Å². The maximum absolute atomic E-state index is 12.9. The standard InChI is InChI=1S/C22H21N7O/c1-14-7-9-28(22(30)27-16-4-2-15(10-23)3-5-16)13-18(14)21-26-12-17-11-25-20-19(29(17)21)6-8-24-20/h2-6,8,11-12,14,18,24H,7,9,13H2,1H3,(H,27,30)/t14-,18+/m1/s1. The predicted molar refractivity (Wildman–Crippen MR) is 113 cm³/mol. The Morgan fingerprint density at radius 3 is 2.83 bits per heavy atom. The van der Waals surface area contributed by atoms with Crippen molar-refractivity contribution in [3.05, 3.63) is 60.3 Å². The minimum Gasteiger partial charge on any atom is -0.345 e. The molecule has 4 heterocycles. The number of aromatic amines is 1. The Morgan fingerprint density at radius 2 is 2.03 bits per heavy atom. The van der Waals surface area contributed by atoms with Crippen LogP contribution in [0.2, 0.25) is 0 Å². The molecule has 2 amide bonds. The van der Waals surface area contributed by atoms with Crippen LogP contribution >= 0.6 is 0 Å². The first-order valence-corrected chi connectivity index (χ1v) is 9.99. The van der Waals surface area contributed by atoms with Gasteiger partial charge in [-0.1, -0.05) is 6.92 Å². The van der Waals surface area contributed by atoms with Crippen molar-refractivity contribution in [2.24, 2.45) is 5.92 Å². The number of H-pyrrole nitrogens is 1.